The summed E-state index contributed by atoms with van der Waals surface area (Å²) in [5, 5.41) is 0. The van der Waals surface area contributed by atoms with Crippen molar-refractivity contribution in [1.82, 2.24) is 0 Å². The largest absolute Gasteiger partial charge is 0.493 e. The van der Waals surface area contributed by atoms with Gasteiger partial charge in [0.15, 0.2) is 0 Å². The molecule has 0 bridgehead atoms. The minimum atomic E-state index is 0.475. The molecule has 2 unspecified atom stereocenters. The van der Waals surface area contributed by atoms with Crippen molar-refractivity contribution in [1.29, 1.82) is 0 Å². The first-order chi connectivity index (χ1) is 7.24. The molecule has 1 aromatic rings. The lowest BCUT2D eigenvalue weighted by atomic mass is 9.87. The minimum Gasteiger partial charge on any atom is -0.493 e. The molecular weight excluding hydrogens is 186 g/mol. The van der Waals surface area contributed by atoms with Crippen LogP contribution in [0.2, 0.25) is 0 Å². The molecule has 2 N–H and O–H groups in total. The Balaban J connectivity index is 2.32. The van der Waals surface area contributed by atoms with Crippen molar-refractivity contribution < 1.29 is 4.74 Å². The Bertz CT molecular complexity index is 348. The number of ether oxygens (including phenoxy) is 1. The summed E-state index contributed by atoms with van der Waals surface area (Å²) in [6.07, 6.45) is 1.05. The average molecular weight is 205 g/mol. The molecule has 0 amide bonds. The van der Waals surface area contributed by atoms with Crippen LogP contribution in [0.4, 0.5) is 0 Å². The number of para-hydroxylation sites is 1. The van der Waals surface area contributed by atoms with Gasteiger partial charge >= 0.3 is 0 Å². The van der Waals surface area contributed by atoms with E-state index in [1.807, 2.05) is 0 Å². The zero-order valence-electron chi connectivity index (χ0n) is 9.49. The Morgan fingerprint density at radius 3 is 2.93 bits per heavy atom. The van der Waals surface area contributed by atoms with Crippen molar-refractivity contribution in [3.8, 4) is 5.75 Å². The van der Waals surface area contributed by atoms with Gasteiger partial charge in [-0.1, -0.05) is 32.0 Å². The summed E-state index contributed by atoms with van der Waals surface area (Å²) < 4.78 is 5.70. The van der Waals surface area contributed by atoms with E-state index in [9.17, 15) is 0 Å². The highest BCUT2D eigenvalue weighted by molar-refractivity contribution is 5.45. The van der Waals surface area contributed by atoms with E-state index < -0.39 is 0 Å². The van der Waals surface area contributed by atoms with Crippen LogP contribution in [0.5, 0.6) is 5.75 Å². The van der Waals surface area contributed by atoms with E-state index in [0.29, 0.717) is 11.8 Å². The normalized spacial score (nSPS) is 18.1. The number of nitrogens with two attached hydrogens (primary N) is 1. The molecule has 0 aromatic heterocycles. The SMILES string of the molecule is CC(CN)C(C)c1cccc2c1OCC2. The third-order valence-electron chi connectivity index (χ3n) is 3.46. The predicted octanol–water partition coefficient (Wildman–Crippen LogP) is 2.32. The van der Waals surface area contributed by atoms with E-state index in [2.05, 4.69) is 32.0 Å². The molecule has 0 spiro atoms. The summed E-state index contributed by atoms with van der Waals surface area (Å²) in [5.41, 5.74) is 8.39. The van der Waals surface area contributed by atoms with Gasteiger partial charge in [0.1, 0.15) is 5.75 Å². The van der Waals surface area contributed by atoms with Crippen LogP contribution < -0.4 is 10.5 Å². The van der Waals surface area contributed by atoms with Gasteiger partial charge in [0.25, 0.3) is 0 Å². The molecule has 15 heavy (non-hydrogen) atoms. The molecule has 1 aromatic carbocycles. The summed E-state index contributed by atoms with van der Waals surface area (Å²) in [6.45, 7) is 5.98. The maximum Gasteiger partial charge on any atom is 0.126 e. The van der Waals surface area contributed by atoms with Crippen molar-refractivity contribution in [2.75, 3.05) is 13.2 Å². The maximum absolute atomic E-state index is 5.71. The first-order valence-electron chi connectivity index (χ1n) is 5.68. The van der Waals surface area contributed by atoms with Crippen LogP contribution >= 0.6 is 0 Å². The number of hydrogen-bond donors (Lipinski definition) is 1. The molecule has 1 aliphatic heterocycles. The van der Waals surface area contributed by atoms with Crippen molar-refractivity contribution in [2.45, 2.75) is 26.2 Å². The fourth-order valence-corrected chi connectivity index (χ4v) is 2.11. The van der Waals surface area contributed by atoms with Gasteiger partial charge in [0.05, 0.1) is 6.61 Å². The lowest BCUT2D eigenvalue weighted by molar-refractivity contribution is 0.347. The molecular formula is C13H19NO. The summed E-state index contributed by atoms with van der Waals surface area (Å²) >= 11 is 0. The van der Waals surface area contributed by atoms with E-state index >= 15 is 0 Å². The van der Waals surface area contributed by atoms with Gasteiger partial charge in [-0.05, 0) is 29.5 Å². The van der Waals surface area contributed by atoms with Crippen LogP contribution in [-0.4, -0.2) is 13.2 Å². The molecule has 0 saturated carbocycles. The van der Waals surface area contributed by atoms with Crippen LogP contribution in [0.15, 0.2) is 18.2 Å². The fraction of sp³-hybridized carbons (Fsp3) is 0.538. The van der Waals surface area contributed by atoms with Crippen molar-refractivity contribution in [3.05, 3.63) is 29.3 Å². The van der Waals surface area contributed by atoms with Crippen molar-refractivity contribution in [3.63, 3.8) is 0 Å². The van der Waals surface area contributed by atoms with Gasteiger partial charge in [-0.3, -0.25) is 0 Å². The minimum absolute atomic E-state index is 0.475. The molecule has 82 valence electrons. The van der Waals surface area contributed by atoms with E-state index in [0.717, 1.165) is 25.3 Å². The van der Waals surface area contributed by atoms with E-state index in [1.54, 1.807) is 0 Å². The van der Waals surface area contributed by atoms with Crippen LogP contribution in [0.3, 0.4) is 0 Å². The average Bonchev–Trinajstić information content (AvgIpc) is 2.74. The highest BCUT2D eigenvalue weighted by Gasteiger charge is 2.22. The molecule has 2 atom stereocenters. The van der Waals surface area contributed by atoms with Gasteiger partial charge in [0.2, 0.25) is 0 Å². The third kappa shape index (κ3) is 1.86. The van der Waals surface area contributed by atoms with Gasteiger partial charge in [0, 0.05) is 6.42 Å². The number of fused-ring (bicyclic) bond motifs is 1. The zero-order chi connectivity index (χ0) is 10.8. The second-order valence-electron chi connectivity index (χ2n) is 4.44. The third-order valence-corrected chi connectivity index (χ3v) is 3.46. The lowest BCUT2D eigenvalue weighted by Crippen LogP contribution is -2.17. The molecule has 0 radical (unpaired) electrons. The van der Waals surface area contributed by atoms with Crippen LogP contribution in [0.25, 0.3) is 0 Å². The Kier molecular flexibility index (Phi) is 2.96. The standard InChI is InChI=1S/C13H19NO/c1-9(8-14)10(2)12-5-3-4-11-6-7-15-13(11)12/h3-5,9-10H,6-8,14H2,1-2H3. The Labute approximate surface area is 91.4 Å². The zero-order valence-corrected chi connectivity index (χ0v) is 9.49. The van der Waals surface area contributed by atoms with Crippen LogP contribution in [0.1, 0.15) is 30.9 Å². The van der Waals surface area contributed by atoms with E-state index in [1.165, 1.54) is 11.1 Å². The van der Waals surface area contributed by atoms with E-state index in [-0.39, 0.29) is 0 Å². The fourth-order valence-electron chi connectivity index (χ4n) is 2.11. The second-order valence-corrected chi connectivity index (χ2v) is 4.44. The highest BCUT2D eigenvalue weighted by atomic mass is 16.5. The summed E-state index contributed by atoms with van der Waals surface area (Å²) in [6, 6.07) is 6.45. The molecule has 2 nitrogen and oxygen atoms in total. The van der Waals surface area contributed by atoms with Crippen molar-refractivity contribution >= 4 is 0 Å². The molecule has 0 saturated heterocycles. The van der Waals surface area contributed by atoms with Gasteiger partial charge in [-0.15, -0.1) is 0 Å². The summed E-state index contributed by atoms with van der Waals surface area (Å²) in [7, 11) is 0. The Hall–Kier alpha value is -1.02. The van der Waals surface area contributed by atoms with E-state index in [4.69, 9.17) is 10.5 Å². The number of benzene rings is 1. The first-order valence-corrected chi connectivity index (χ1v) is 5.68. The molecule has 2 rings (SSSR count). The van der Waals surface area contributed by atoms with Crippen LogP contribution in [-0.2, 0) is 6.42 Å². The molecule has 0 fully saturated rings. The Morgan fingerprint density at radius 2 is 2.20 bits per heavy atom. The number of rotatable bonds is 3. The molecule has 1 heterocycles. The second kappa shape index (κ2) is 4.23. The number of hydrogen-bond acceptors (Lipinski definition) is 2. The van der Waals surface area contributed by atoms with Crippen LogP contribution in [0, 0.1) is 5.92 Å². The monoisotopic (exact) mass is 205 g/mol. The summed E-state index contributed by atoms with van der Waals surface area (Å²) in [5.74, 6) is 2.09. The van der Waals surface area contributed by atoms with Crippen molar-refractivity contribution in [2.24, 2.45) is 11.7 Å². The quantitative estimate of drug-likeness (QED) is 0.822. The molecule has 2 heteroatoms. The van der Waals surface area contributed by atoms with Gasteiger partial charge in [-0.2, -0.15) is 0 Å². The predicted molar refractivity (Wildman–Crippen MR) is 62.3 cm³/mol. The molecule has 1 aliphatic rings. The smallest absolute Gasteiger partial charge is 0.126 e. The topological polar surface area (TPSA) is 35.2 Å². The first kappa shape index (κ1) is 10.5. The Morgan fingerprint density at radius 1 is 1.40 bits per heavy atom. The maximum atomic E-state index is 5.71. The summed E-state index contributed by atoms with van der Waals surface area (Å²) in [4.78, 5) is 0. The highest BCUT2D eigenvalue weighted by Crippen LogP contribution is 2.36. The molecule has 0 aliphatic carbocycles. The lowest BCUT2D eigenvalue weighted by Gasteiger charge is -2.20. The van der Waals surface area contributed by atoms with Gasteiger partial charge < -0.3 is 10.5 Å². The van der Waals surface area contributed by atoms with Gasteiger partial charge in [-0.25, -0.2) is 0 Å².